The van der Waals surface area contributed by atoms with Crippen molar-refractivity contribution >= 4 is 22.5 Å². The zero-order valence-electron chi connectivity index (χ0n) is 13.3. The van der Waals surface area contributed by atoms with Gasteiger partial charge < -0.3 is 10.6 Å². The second-order valence-corrected chi connectivity index (χ2v) is 5.44. The molecule has 0 aliphatic rings. The van der Waals surface area contributed by atoms with Gasteiger partial charge in [-0.1, -0.05) is 36.4 Å². The Hall–Kier alpha value is -2.82. The van der Waals surface area contributed by atoms with Crippen molar-refractivity contribution in [2.75, 3.05) is 5.32 Å². The predicted molar refractivity (Wildman–Crippen MR) is 92.4 cm³/mol. The van der Waals surface area contributed by atoms with Gasteiger partial charge in [0.2, 0.25) is 0 Å². The summed E-state index contributed by atoms with van der Waals surface area (Å²) in [5.41, 5.74) is 1.65. The van der Waals surface area contributed by atoms with Gasteiger partial charge in [0.05, 0.1) is 17.4 Å². The van der Waals surface area contributed by atoms with Crippen LogP contribution in [0.5, 0.6) is 0 Å². The highest BCUT2D eigenvalue weighted by atomic mass is 16.2. The third-order valence-electron chi connectivity index (χ3n) is 3.81. The van der Waals surface area contributed by atoms with Crippen LogP contribution in [0.25, 0.3) is 10.8 Å². The highest BCUT2D eigenvalue weighted by molar-refractivity contribution is 6.01. The van der Waals surface area contributed by atoms with Gasteiger partial charge in [0.1, 0.15) is 0 Å². The fourth-order valence-electron chi connectivity index (χ4n) is 2.55. The van der Waals surface area contributed by atoms with E-state index in [1.165, 1.54) is 0 Å². The van der Waals surface area contributed by atoms with E-state index in [1.54, 1.807) is 0 Å². The lowest BCUT2D eigenvalue weighted by Gasteiger charge is -2.14. The van der Waals surface area contributed by atoms with Crippen molar-refractivity contribution in [2.24, 2.45) is 0 Å². The van der Waals surface area contributed by atoms with Gasteiger partial charge in [-0.05, 0) is 31.4 Å². The van der Waals surface area contributed by atoms with E-state index in [-0.39, 0.29) is 12.1 Å². The van der Waals surface area contributed by atoms with Crippen LogP contribution in [0.1, 0.15) is 25.6 Å². The monoisotopic (exact) mass is 308 g/mol. The van der Waals surface area contributed by atoms with Gasteiger partial charge in [-0.15, -0.1) is 0 Å². The lowest BCUT2D eigenvalue weighted by molar-refractivity contribution is 0.249. The molecule has 0 saturated carbocycles. The topological polar surface area (TPSA) is 59.0 Å². The molecule has 0 spiro atoms. The zero-order chi connectivity index (χ0) is 16.2. The fraction of sp³-hybridized carbons (Fsp3) is 0.222. The van der Waals surface area contributed by atoms with Gasteiger partial charge in [0.25, 0.3) is 0 Å². The number of benzene rings is 2. The average Bonchev–Trinajstić information content (AvgIpc) is 3.04. The Morgan fingerprint density at radius 1 is 1.17 bits per heavy atom. The summed E-state index contributed by atoms with van der Waals surface area (Å²) >= 11 is 0. The molecule has 2 amide bonds. The van der Waals surface area contributed by atoms with Crippen molar-refractivity contribution in [3.63, 3.8) is 0 Å². The largest absolute Gasteiger partial charge is 0.330 e. The minimum Gasteiger partial charge on any atom is -0.330 e. The van der Waals surface area contributed by atoms with Crippen LogP contribution < -0.4 is 10.6 Å². The van der Waals surface area contributed by atoms with Crippen molar-refractivity contribution in [3.05, 3.63) is 60.4 Å². The number of carbonyl (C=O) groups excluding carboxylic acids is 1. The number of anilines is 1. The summed E-state index contributed by atoms with van der Waals surface area (Å²) in [4.78, 5) is 12.3. The molecule has 0 aliphatic heterocycles. The quantitative estimate of drug-likeness (QED) is 0.767. The molecule has 1 unspecified atom stereocenters. The maximum atomic E-state index is 12.3. The number of aromatic nitrogens is 2. The van der Waals surface area contributed by atoms with Gasteiger partial charge in [-0.25, -0.2) is 4.79 Å². The molecule has 1 atom stereocenters. The normalized spacial score (nSPS) is 12.1. The van der Waals surface area contributed by atoms with Crippen LogP contribution >= 0.6 is 0 Å². The molecule has 5 heteroatoms. The smallest absolute Gasteiger partial charge is 0.319 e. The first-order valence-electron chi connectivity index (χ1n) is 7.76. The Kier molecular flexibility index (Phi) is 4.28. The van der Waals surface area contributed by atoms with E-state index in [1.807, 2.05) is 73.3 Å². The number of rotatable bonds is 4. The molecule has 5 nitrogen and oxygen atoms in total. The summed E-state index contributed by atoms with van der Waals surface area (Å²) in [6.07, 6.45) is 1.91. The summed E-state index contributed by atoms with van der Waals surface area (Å²) in [5, 5.41) is 12.4. The summed E-state index contributed by atoms with van der Waals surface area (Å²) in [5.74, 6) is 0. The Bertz CT molecular complexity index is 819. The van der Waals surface area contributed by atoms with E-state index in [9.17, 15) is 4.79 Å². The average molecular weight is 308 g/mol. The molecule has 0 saturated heterocycles. The zero-order valence-corrected chi connectivity index (χ0v) is 13.3. The number of carbonyl (C=O) groups is 1. The molecule has 0 aliphatic carbocycles. The van der Waals surface area contributed by atoms with Crippen molar-refractivity contribution in [3.8, 4) is 0 Å². The van der Waals surface area contributed by atoms with Crippen LogP contribution in [0.15, 0.2) is 54.7 Å². The van der Waals surface area contributed by atoms with Crippen molar-refractivity contribution in [1.82, 2.24) is 15.1 Å². The van der Waals surface area contributed by atoms with Gasteiger partial charge in [-0.3, -0.25) is 4.68 Å². The predicted octanol–water partition coefficient (Wildman–Crippen LogP) is 3.94. The van der Waals surface area contributed by atoms with Crippen LogP contribution in [0.3, 0.4) is 0 Å². The summed E-state index contributed by atoms with van der Waals surface area (Å²) in [7, 11) is 0. The van der Waals surface area contributed by atoms with Crippen LogP contribution in [-0.4, -0.2) is 15.8 Å². The number of aryl methyl sites for hydroxylation is 1. The number of fused-ring (bicyclic) bond motifs is 1. The van der Waals surface area contributed by atoms with Crippen LogP contribution in [0, 0.1) is 0 Å². The molecular formula is C18H20N4O. The third-order valence-corrected chi connectivity index (χ3v) is 3.81. The number of nitrogens with zero attached hydrogens (tertiary/aromatic N) is 2. The molecule has 118 valence electrons. The molecule has 1 aromatic heterocycles. The lowest BCUT2D eigenvalue weighted by atomic mass is 10.1. The summed E-state index contributed by atoms with van der Waals surface area (Å²) < 4.78 is 1.84. The lowest BCUT2D eigenvalue weighted by Crippen LogP contribution is -2.31. The first-order chi connectivity index (χ1) is 11.2. The molecule has 2 aromatic carbocycles. The van der Waals surface area contributed by atoms with Crippen molar-refractivity contribution < 1.29 is 4.79 Å². The molecule has 2 N–H and O–H groups in total. The maximum Gasteiger partial charge on any atom is 0.319 e. The maximum absolute atomic E-state index is 12.3. The molecular weight excluding hydrogens is 288 g/mol. The van der Waals surface area contributed by atoms with E-state index in [4.69, 9.17) is 0 Å². The molecule has 0 radical (unpaired) electrons. The second kappa shape index (κ2) is 6.52. The molecule has 3 rings (SSSR count). The number of hydrogen-bond acceptors (Lipinski definition) is 2. The number of hydrogen-bond donors (Lipinski definition) is 2. The van der Waals surface area contributed by atoms with Crippen molar-refractivity contribution in [2.45, 2.75) is 26.4 Å². The minimum absolute atomic E-state index is 0.155. The summed E-state index contributed by atoms with van der Waals surface area (Å²) in [6.45, 7) is 4.77. The van der Waals surface area contributed by atoms with Gasteiger partial charge in [-0.2, -0.15) is 5.10 Å². The Balaban J connectivity index is 1.71. The molecule has 23 heavy (non-hydrogen) atoms. The van der Waals surface area contributed by atoms with Gasteiger partial charge >= 0.3 is 6.03 Å². The highest BCUT2D eigenvalue weighted by Crippen LogP contribution is 2.23. The Morgan fingerprint density at radius 3 is 2.74 bits per heavy atom. The van der Waals surface area contributed by atoms with Crippen LogP contribution in [0.2, 0.25) is 0 Å². The Morgan fingerprint density at radius 2 is 1.96 bits per heavy atom. The van der Waals surface area contributed by atoms with Crippen LogP contribution in [0.4, 0.5) is 10.5 Å². The SMILES string of the molecule is CCn1ccc(C(C)NC(=O)Nc2cccc3ccccc23)n1. The van der Waals surface area contributed by atoms with Gasteiger partial charge in [0.15, 0.2) is 0 Å². The highest BCUT2D eigenvalue weighted by Gasteiger charge is 2.12. The number of urea groups is 1. The third kappa shape index (κ3) is 3.34. The Labute approximate surface area is 135 Å². The summed E-state index contributed by atoms with van der Waals surface area (Å²) in [6, 6.07) is 15.4. The standard InChI is InChI=1S/C18H20N4O/c1-3-22-12-11-16(21-22)13(2)19-18(23)20-17-10-6-8-14-7-4-5-9-15(14)17/h4-13H,3H2,1-2H3,(H2,19,20,23). The molecule has 3 aromatic rings. The van der Waals surface area contributed by atoms with E-state index >= 15 is 0 Å². The molecule has 0 fully saturated rings. The minimum atomic E-state index is -0.236. The molecule has 1 heterocycles. The van der Waals surface area contributed by atoms with E-state index in [2.05, 4.69) is 15.7 Å². The fourth-order valence-corrected chi connectivity index (χ4v) is 2.55. The van der Waals surface area contributed by atoms with Crippen molar-refractivity contribution in [1.29, 1.82) is 0 Å². The first-order valence-corrected chi connectivity index (χ1v) is 7.76. The van der Waals surface area contributed by atoms with Gasteiger partial charge in [0, 0.05) is 18.1 Å². The van der Waals surface area contributed by atoms with E-state index < -0.39 is 0 Å². The first kappa shape index (κ1) is 15.1. The number of nitrogens with one attached hydrogen (secondary N) is 2. The molecule has 0 bridgehead atoms. The second-order valence-electron chi connectivity index (χ2n) is 5.44. The van der Waals surface area contributed by atoms with E-state index in [0.29, 0.717) is 0 Å². The van der Waals surface area contributed by atoms with E-state index in [0.717, 1.165) is 28.7 Å². The van der Waals surface area contributed by atoms with Crippen LogP contribution in [-0.2, 0) is 6.54 Å². The number of amides is 2.